The summed E-state index contributed by atoms with van der Waals surface area (Å²) < 4.78 is 26.9. The van der Waals surface area contributed by atoms with E-state index in [1.54, 1.807) is 0 Å². The summed E-state index contributed by atoms with van der Waals surface area (Å²) in [6, 6.07) is 11.8. The van der Waals surface area contributed by atoms with E-state index < -0.39 is 10.0 Å². The molecule has 106 valence electrons. The number of hydrogen-bond acceptors (Lipinski definition) is 2. The lowest BCUT2D eigenvalue weighted by molar-refractivity contribution is 0.581. The zero-order chi connectivity index (χ0) is 14.8. The standard InChI is InChI=1S/C14H13Cl2NO2S/c1-10-4-2-3-5-11(10)9-17-20(18,19)12-6-7-13(15)14(16)8-12/h2-8,17H,9H2,1H3. The van der Waals surface area contributed by atoms with Crippen LogP contribution in [-0.4, -0.2) is 8.42 Å². The maximum Gasteiger partial charge on any atom is 0.240 e. The second-order valence-electron chi connectivity index (χ2n) is 4.33. The Morgan fingerprint density at radius 2 is 1.75 bits per heavy atom. The van der Waals surface area contributed by atoms with Crippen molar-refractivity contribution in [1.82, 2.24) is 4.72 Å². The molecule has 2 aromatic rings. The second kappa shape index (κ2) is 6.14. The van der Waals surface area contributed by atoms with E-state index in [-0.39, 0.29) is 16.5 Å². The summed E-state index contributed by atoms with van der Waals surface area (Å²) in [5.74, 6) is 0. The van der Waals surface area contributed by atoms with Gasteiger partial charge in [-0.05, 0) is 36.2 Å². The number of halogens is 2. The molecule has 0 aromatic heterocycles. The van der Waals surface area contributed by atoms with Crippen molar-refractivity contribution < 1.29 is 8.42 Å². The average molecular weight is 330 g/mol. The van der Waals surface area contributed by atoms with Gasteiger partial charge in [-0.25, -0.2) is 13.1 Å². The van der Waals surface area contributed by atoms with Crippen LogP contribution in [-0.2, 0) is 16.6 Å². The van der Waals surface area contributed by atoms with Crippen LogP contribution >= 0.6 is 23.2 Å². The van der Waals surface area contributed by atoms with E-state index in [0.717, 1.165) is 11.1 Å². The lowest BCUT2D eigenvalue weighted by atomic mass is 10.1. The summed E-state index contributed by atoms with van der Waals surface area (Å²) in [5.41, 5.74) is 1.96. The van der Waals surface area contributed by atoms with Crippen LogP contribution in [0.1, 0.15) is 11.1 Å². The van der Waals surface area contributed by atoms with E-state index in [0.29, 0.717) is 5.02 Å². The quantitative estimate of drug-likeness (QED) is 0.927. The van der Waals surface area contributed by atoms with E-state index in [1.807, 2.05) is 31.2 Å². The second-order valence-corrected chi connectivity index (χ2v) is 6.91. The third-order valence-corrected chi connectivity index (χ3v) is 5.05. The summed E-state index contributed by atoms with van der Waals surface area (Å²) in [5, 5.41) is 0.537. The molecule has 20 heavy (non-hydrogen) atoms. The number of aryl methyl sites for hydroxylation is 1. The molecule has 0 aliphatic rings. The van der Waals surface area contributed by atoms with Gasteiger partial charge in [0.15, 0.2) is 0 Å². The van der Waals surface area contributed by atoms with Crippen molar-refractivity contribution in [1.29, 1.82) is 0 Å². The Kier molecular flexibility index (Phi) is 4.70. The Morgan fingerprint density at radius 1 is 1.05 bits per heavy atom. The molecular weight excluding hydrogens is 317 g/mol. The lowest BCUT2D eigenvalue weighted by Gasteiger charge is -2.09. The predicted octanol–water partition coefficient (Wildman–Crippen LogP) is 3.78. The molecule has 2 rings (SSSR count). The number of nitrogens with one attached hydrogen (secondary N) is 1. The molecular formula is C14H13Cl2NO2S. The molecule has 6 heteroatoms. The number of rotatable bonds is 4. The molecule has 0 unspecified atom stereocenters. The SMILES string of the molecule is Cc1ccccc1CNS(=O)(=O)c1ccc(Cl)c(Cl)c1. The van der Waals surface area contributed by atoms with Gasteiger partial charge in [-0.1, -0.05) is 47.5 Å². The molecule has 0 heterocycles. The fraction of sp³-hybridized carbons (Fsp3) is 0.143. The summed E-state index contributed by atoms with van der Waals surface area (Å²) in [7, 11) is -3.61. The van der Waals surface area contributed by atoms with Gasteiger partial charge in [0.1, 0.15) is 0 Å². The molecule has 0 saturated carbocycles. The van der Waals surface area contributed by atoms with Crippen molar-refractivity contribution in [3.63, 3.8) is 0 Å². The predicted molar refractivity (Wildman–Crippen MR) is 81.7 cm³/mol. The van der Waals surface area contributed by atoms with E-state index in [4.69, 9.17) is 23.2 Å². The largest absolute Gasteiger partial charge is 0.240 e. The Morgan fingerprint density at radius 3 is 2.40 bits per heavy atom. The van der Waals surface area contributed by atoms with Crippen molar-refractivity contribution in [2.45, 2.75) is 18.4 Å². The maximum atomic E-state index is 12.2. The highest BCUT2D eigenvalue weighted by atomic mass is 35.5. The highest BCUT2D eigenvalue weighted by Gasteiger charge is 2.15. The van der Waals surface area contributed by atoms with Gasteiger partial charge in [0, 0.05) is 6.54 Å². The molecule has 0 bridgehead atoms. The van der Waals surface area contributed by atoms with E-state index in [1.165, 1.54) is 18.2 Å². The third kappa shape index (κ3) is 3.52. The first-order valence-corrected chi connectivity index (χ1v) is 8.13. The Bertz CT molecular complexity index is 730. The van der Waals surface area contributed by atoms with Gasteiger partial charge in [0.2, 0.25) is 10.0 Å². The zero-order valence-corrected chi connectivity index (χ0v) is 13.1. The molecule has 2 aromatic carbocycles. The number of benzene rings is 2. The minimum Gasteiger partial charge on any atom is -0.207 e. The molecule has 0 atom stereocenters. The number of hydrogen-bond donors (Lipinski definition) is 1. The van der Waals surface area contributed by atoms with Crippen LogP contribution in [0.25, 0.3) is 0 Å². The van der Waals surface area contributed by atoms with Gasteiger partial charge in [-0.3, -0.25) is 0 Å². The lowest BCUT2D eigenvalue weighted by Crippen LogP contribution is -2.23. The highest BCUT2D eigenvalue weighted by Crippen LogP contribution is 2.24. The van der Waals surface area contributed by atoms with Gasteiger partial charge < -0.3 is 0 Å². The first-order valence-electron chi connectivity index (χ1n) is 5.89. The molecule has 3 nitrogen and oxygen atoms in total. The summed E-state index contributed by atoms with van der Waals surface area (Å²) in [6.45, 7) is 2.16. The minimum atomic E-state index is -3.61. The molecule has 0 aliphatic heterocycles. The summed E-state index contributed by atoms with van der Waals surface area (Å²) >= 11 is 11.6. The molecule has 0 aliphatic carbocycles. The van der Waals surface area contributed by atoms with Crippen LogP contribution in [0.2, 0.25) is 10.0 Å². The van der Waals surface area contributed by atoms with Crippen LogP contribution < -0.4 is 4.72 Å². The van der Waals surface area contributed by atoms with Crippen LogP contribution in [0, 0.1) is 6.92 Å². The van der Waals surface area contributed by atoms with Gasteiger partial charge in [0.05, 0.1) is 14.9 Å². The Hall–Kier alpha value is -1.07. The topological polar surface area (TPSA) is 46.2 Å². The highest BCUT2D eigenvalue weighted by molar-refractivity contribution is 7.89. The van der Waals surface area contributed by atoms with E-state index in [2.05, 4.69) is 4.72 Å². The normalized spacial score (nSPS) is 11.6. The molecule has 0 fully saturated rings. The van der Waals surface area contributed by atoms with Crippen molar-refractivity contribution in [3.8, 4) is 0 Å². The fourth-order valence-electron chi connectivity index (χ4n) is 1.71. The fourth-order valence-corrected chi connectivity index (χ4v) is 3.10. The first kappa shape index (κ1) is 15.3. The zero-order valence-electron chi connectivity index (χ0n) is 10.7. The van der Waals surface area contributed by atoms with Crippen LogP contribution in [0.15, 0.2) is 47.4 Å². The van der Waals surface area contributed by atoms with Crippen LogP contribution in [0.4, 0.5) is 0 Å². The third-order valence-electron chi connectivity index (χ3n) is 2.92. The number of sulfonamides is 1. The van der Waals surface area contributed by atoms with Gasteiger partial charge in [0.25, 0.3) is 0 Å². The van der Waals surface area contributed by atoms with Gasteiger partial charge in [-0.15, -0.1) is 0 Å². The van der Waals surface area contributed by atoms with Crippen molar-refractivity contribution in [2.75, 3.05) is 0 Å². The first-order chi connectivity index (χ1) is 9.40. The molecule has 0 spiro atoms. The molecule has 0 radical (unpaired) electrons. The van der Waals surface area contributed by atoms with Crippen molar-refractivity contribution >= 4 is 33.2 Å². The van der Waals surface area contributed by atoms with E-state index >= 15 is 0 Å². The summed E-state index contributed by atoms with van der Waals surface area (Å²) in [6.07, 6.45) is 0. The summed E-state index contributed by atoms with van der Waals surface area (Å²) in [4.78, 5) is 0.0977. The maximum absolute atomic E-state index is 12.2. The molecule has 0 amide bonds. The van der Waals surface area contributed by atoms with Crippen molar-refractivity contribution in [3.05, 3.63) is 63.6 Å². The average Bonchev–Trinajstić information content (AvgIpc) is 2.41. The monoisotopic (exact) mass is 329 g/mol. The minimum absolute atomic E-state index is 0.0977. The Balaban J connectivity index is 2.19. The smallest absolute Gasteiger partial charge is 0.207 e. The van der Waals surface area contributed by atoms with Crippen molar-refractivity contribution in [2.24, 2.45) is 0 Å². The van der Waals surface area contributed by atoms with E-state index in [9.17, 15) is 8.42 Å². The van der Waals surface area contributed by atoms with Crippen LogP contribution in [0.5, 0.6) is 0 Å². The Labute approximate surface area is 128 Å². The molecule has 1 N–H and O–H groups in total. The van der Waals surface area contributed by atoms with Crippen LogP contribution in [0.3, 0.4) is 0 Å². The molecule has 0 saturated heterocycles. The van der Waals surface area contributed by atoms with Gasteiger partial charge in [-0.2, -0.15) is 0 Å². The van der Waals surface area contributed by atoms with Gasteiger partial charge >= 0.3 is 0 Å².